The van der Waals surface area contributed by atoms with Crippen molar-refractivity contribution in [2.45, 2.75) is 26.2 Å². The summed E-state index contributed by atoms with van der Waals surface area (Å²) in [5.74, 6) is -1.32. The number of hydrogen-bond acceptors (Lipinski definition) is 3. The van der Waals surface area contributed by atoms with E-state index in [0.29, 0.717) is 16.8 Å². The van der Waals surface area contributed by atoms with E-state index < -0.39 is 5.92 Å². The molecule has 0 saturated carbocycles. The Morgan fingerprint density at radius 1 is 1.20 bits per heavy atom. The van der Waals surface area contributed by atoms with Gasteiger partial charge in [0, 0.05) is 36.0 Å². The van der Waals surface area contributed by atoms with Gasteiger partial charge < -0.3 is 10.6 Å². The molecule has 1 aliphatic rings. The number of amides is 2. The minimum Gasteiger partial charge on any atom is -0.332 e. The fourth-order valence-corrected chi connectivity index (χ4v) is 3.47. The van der Waals surface area contributed by atoms with Gasteiger partial charge in [-0.15, -0.1) is 0 Å². The molecule has 30 heavy (non-hydrogen) atoms. The monoisotopic (exact) mass is 404 g/mol. The Hall–Kier alpha value is -3.74. The van der Waals surface area contributed by atoms with E-state index in [2.05, 4.69) is 15.7 Å². The summed E-state index contributed by atoms with van der Waals surface area (Å²) in [5.41, 5.74) is 4.54. The van der Waals surface area contributed by atoms with Crippen molar-refractivity contribution in [2.24, 2.45) is 0 Å². The number of nitrogens with zero attached hydrogens (tertiary/aromatic N) is 2. The minimum absolute atomic E-state index is 0.121. The van der Waals surface area contributed by atoms with Crippen LogP contribution in [0.15, 0.2) is 66.6 Å². The van der Waals surface area contributed by atoms with Gasteiger partial charge in [0.25, 0.3) is 5.91 Å². The molecular weight excluding hydrogens is 383 g/mol. The Morgan fingerprint density at radius 2 is 1.97 bits per heavy atom. The molecule has 2 N–H and O–H groups in total. The first-order valence-electron chi connectivity index (χ1n) is 9.59. The fourth-order valence-electron chi connectivity index (χ4n) is 3.47. The van der Waals surface area contributed by atoms with E-state index in [1.54, 1.807) is 23.0 Å². The number of benzene rings is 2. The van der Waals surface area contributed by atoms with Crippen molar-refractivity contribution in [1.29, 1.82) is 0 Å². The average Bonchev–Trinajstić information content (AvgIpc) is 3.16. The van der Waals surface area contributed by atoms with Crippen molar-refractivity contribution in [2.75, 3.05) is 5.32 Å². The standard InChI is InChI=1S/C23H21FN4O2/c1-14-11-26-28(13-14)18-8-3-15(2)21(9-18)27-23(30)20-12-25-22(29)10-19(20)16-4-6-17(24)7-5-16/h3-9,11-13,19H,10H2,1-2H3,(H,25,29)(H,27,30)/t19-/m0/s1. The van der Waals surface area contributed by atoms with Crippen LogP contribution in [-0.2, 0) is 9.59 Å². The number of carbonyl (C=O) groups excluding carboxylic acids is 2. The summed E-state index contributed by atoms with van der Waals surface area (Å²) < 4.78 is 15.1. The van der Waals surface area contributed by atoms with Gasteiger partial charge in [-0.1, -0.05) is 18.2 Å². The lowest BCUT2D eigenvalue weighted by Gasteiger charge is -2.24. The van der Waals surface area contributed by atoms with Crippen molar-refractivity contribution >= 4 is 17.5 Å². The minimum atomic E-state index is -0.448. The van der Waals surface area contributed by atoms with E-state index in [1.807, 2.05) is 38.2 Å². The highest BCUT2D eigenvalue weighted by molar-refractivity contribution is 6.06. The smallest absolute Gasteiger partial charge is 0.253 e. The number of halogens is 1. The number of aryl methyl sites for hydroxylation is 2. The summed E-state index contributed by atoms with van der Waals surface area (Å²) in [6, 6.07) is 11.6. The molecule has 4 rings (SSSR count). The quantitative estimate of drug-likeness (QED) is 0.695. The molecule has 1 aromatic heterocycles. The van der Waals surface area contributed by atoms with Crippen molar-refractivity contribution in [1.82, 2.24) is 15.1 Å². The van der Waals surface area contributed by atoms with Gasteiger partial charge >= 0.3 is 0 Å². The van der Waals surface area contributed by atoms with Crippen LogP contribution in [-0.4, -0.2) is 21.6 Å². The van der Waals surface area contributed by atoms with Crippen molar-refractivity contribution in [3.8, 4) is 5.69 Å². The van der Waals surface area contributed by atoms with Gasteiger partial charge in [-0.3, -0.25) is 9.59 Å². The molecule has 0 aliphatic carbocycles. The molecule has 152 valence electrons. The van der Waals surface area contributed by atoms with Crippen LogP contribution in [0.4, 0.5) is 10.1 Å². The number of hydrogen-bond donors (Lipinski definition) is 2. The summed E-state index contributed by atoms with van der Waals surface area (Å²) in [7, 11) is 0. The van der Waals surface area contributed by atoms with Crippen LogP contribution in [0.3, 0.4) is 0 Å². The molecule has 3 aromatic rings. The molecule has 0 radical (unpaired) electrons. The summed E-state index contributed by atoms with van der Waals surface area (Å²) in [4.78, 5) is 25.0. The van der Waals surface area contributed by atoms with Crippen LogP contribution in [0, 0.1) is 19.7 Å². The molecule has 0 bridgehead atoms. The first kappa shape index (κ1) is 19.6. The molecule has 2 aromatic carbocycles. The maximum absolute atomic E-state index is 13.3. The molecule has 0 unspecified atom stereocenters. The molecule has 6 nitrogen and oxygen atoms in total. The van der Waals surface area contributed by atoms with Gasteiger partial charge in [-0.25, -0.2) is 9.07 Å². The van der Waals surface area contributed by atoms with Gasteiger partial charge in [-0.2, -0.15) is 5.10 Å². The largest absolute Gasteiger partial charge is 0.332 e. The maximum Gasteiger partial charge on any atom is 0.253 e. The Bertz CT molecular complexity index is 1150. The lowest BCUT2D eigenvalue weighted by molar-refractivity contribution is -0.121. The van der Waals surface area contributed by atoms with Crippen LogP contribution >= 0.6 is 0 Å². The van der Waals surface area contributed by atoms with Crippen LogP contribution in [0.5, 0.6) is 0 Å². The van der Waals surface area contributed by atoms with E-state index in [1.165, 1.54) is 18.3 Å². The molecule has 2 heterocycles. The first-order chi connectivity index (χ1) is 14.4. The van der Waals surface area contributed by atoms with E-state index >= 15 is 0 Å². The number of rotatable bonds is 4. The zero-order valence-corrected chi connectivity index (χ0v) is 16.6. The van der Waals surface area contributed by atoms with Crippen molar-refractivity contribution in [3.63, 3.8) is 0 Å². The topological polar surface area (TPSA) is 76.0 Å². The number of anilines is 1. The Labute approximate surface area is 173 Å². The highest BCUT2D eigenvalue weighted by atomic mass is 19.1. The Balaban J connectivity index is 1.62. The van der Waals surface area contributed by atoms with Gasteiger partial charge in [0.1, 0.15) is 5.82 Å². The zero-order valence-electron chi connectivity index (χ0n) is 16.6. The second kappa shape index (κ2) is 7.94. The van der Waals surface area contributed by atoms with E-state index in [0.717, 1.165) is 16.8 Å². The van der Waals surface area contributed by atoms with Crippen LogP contribution < -0.4 is 10.6 Å². The Morgan fingerprint density at radius 3 is 2.67 bits per heavy atom. The molecule has 1 aliphatic heterocycles. The molecule has 7 heteroatoms. The van der Waals surface area contributed by atoms with Gasteiger partial charge in [0.15, 0.2) is 0 Å². The molecule has 0 spiro atoms. The van der Waals surface area contributed by atoms with Crippen LogP contribution in [0.1, 0.15) is 29.0 Å². The normalized spacial score (nSPS) is 16.0. The number of aromatic nitrogens is 2. The van der Waals surface area contributed by atoms with E-state index in [-0.39, 0.29) is 24.1 Å². The highest BCUT2D eigenvalue weighted by Gasteiger charge is 2.29. The molecule has 0 saturated heterocycles. The van der Waals surface area contributed by atoms with Gasteiger partial charge in [0.2, 0.25) is 5.91 Å². The fraction of sp³-hybridized carbons (Fsp3) is 0.174. The van der Waals surface area contributed by atoms with Gasteiger partial charge in [-0.05, 0) is 54.8 Å². The molecular formula is C23H21FN4O2. The summed E-state index contributed by atoms with van der Waals surface area (Å²) in [5, 5.41) is 9.87. The third kappa shape index (κ3) is 4.00. The Kier molecular flexibility index (Phi) is 5.18. The molecule has 2 amide bonds. The predicted octanol–water partition coefficient (Wildman–Crippen LogP) is 3.75. The summed E-state index contributed by atoms with van der Waals surface area (Å²) in [6.45, 7) is 3.86. The van der Waals surface area contributed by atoms with E-state index in [9.17, 15) is 14.0 Å². The lowest BCUT2D eigenvalue weighted by Crippen LogP contribution is -2.32. The summed E-state index contributed by atoms with van der Waals surface area (Å²) in [6.07, 6.45) is 5.22. The van der Waals surface area contributed by atoms with Gasteiger partial charge in [0.05, 0.1) is 11.9 Å². The van der Waals surface area contributed by atoms with Crippen molar-refractivity contribution < 1.29 is 14.0 Å². The average molecular weight is 404 g/mol. The van der Waals surface area contributed by atoms with Crippen LogP contribution in [0.2, 0.25) is 0 Å². The first-order valence-corrected chi connectivity index (χ1v) is 9.59. The third-order valence-corrected chi connectivity index (χ3v) is 5.13. The zero-order chi connectivity index (χ0) is 21.3. The third-order valence-electron chi connectivity index (χ3n) is 5.13. The molecule has 1 atom stereocenters. The van der Waals surface area contributed by atoms with E-state index in [4.69, 9.17) is 0 Å². The van der Waals surface area contributed by atoms with Crippen molar-refractivity contribution in [3.05, 3.63) is 89.1 Å². The SMILES string of the molecule is Cc1cnn(-c2ccc(C)c(NC(=O)C3=CNC(=O)C[C@H]3c3ccc(F)cc3)c2)c1. The number of nitrogens with one attached hydrogen (secondary N) is 2. The number of carbonyl (C=O) groups is 2. The lowest BCUT2D eigenvalue weighted by atomic mass is 9.86. The second-order valence-electron chi connectivity index (χ2n) is 7.39. The predicted molar refractivity (Wildman–Crippen MR) is 112 cm³/mol. The summed E-state index contributed by atoms with van der Waals surface area (Å²) >= 11 is 0. The molecule has 0 fully saturated rings. The second-order valence-corrected chi connectivity index (χ2v) is 7.39. The maximum atomic E-state index is 13.3. The highest BCUT2D eigenvalue weighted by Crippen LogP contribution is 2.31. The van der Waals surface area contributed by atoms with Crippen LogP contribution in [0.25, 0.3) is 5.69 Å².